The van der Waals surface area contributed by atoms with E-state index in [4.69, 9.17) is 10.4 Å². The van der Waals surface area contributed by atoms with Gasteiger partial charge in [-0.2, -0.15) is 18.4 Å². The third kappa shape index (κ3) is 5.62. The molecule has 1 amide bonds. The number of alkyl halides is 3. The Bertz CT molecular complexity index is 609. The summed E-state index contributed by atoms with van der Waals surface area (Å²) in [7, 11) is 0. The molecule has 124 valence electrons. The second kappa shape index (κ2) is 8.17. The maximum atomic E-state index is 12.9. The highest BCUT2D eigenvalue weighted by Crippen LogP contribution is 2.31. The zero-order valence-corrected chi connectivity index (χ0v) is 12.1. The van der Waals surface area contributed by atoms with E-state index in [-0.39, 0.29) is 12.8 Å². The molecule has 0 aromatic heterocycles. The fourth-order valence-corrected chi connectivity index (χ4v) is 1.97. The van der Waals surface area contributed by atoms with Crippen LogP contribution < -0.4 is 5.32 Å². The predicted molar refractivity (Wildman–Crippen MR) is 74.4 cm³/mol. The number of carboxylic acids is 1. The van der Waals surface area contributed by atoms with Gasteiger partial charge in [0.2, 0.25) is 0 Å². The number of hydrogen-bond acceptors (Lipinski definition) is 3. The van der Waals surface area contributed by atoms with Gasteiger partial charge in [0, 0.05) is 6.42 Å². The van der Waals surface area contributed by atoms with Crippen LogP contribution in [0.4, 0.5) is 13.2 Å². The second-order valence-electron chi connectivity index (χ2n) is 4.81. The number of carbonyl (C=O) groups is 2. The molecule has 0 aliphatic carbocycles. The Balaban J connectivity index is 2.84. The molecule has 0 fully saturated rings. The Hall–Kier alpha value is -2.56. The molecule has 0 aliphatic heterocycles. The number of carboxylic acid groups (broad SMARTS) is 1. The van der Waals surface area contributed by atoms with Gasteiger partial charge >= 0.3 is 12.1 Å². The van der Waals surface area contributed by atoms with E-state index in [1.807, 2.05) is 6.07 Å². The number of nitrogens with one attached hydrogen (secondary N) is 1. The van der Waals surface area contributed by atoms with Gasteiger partial charge < -0.3 is 10.4 Å². The fraction of sp³-hybridized carbons (Fsp3) is 0.400. The van der Waals surface area contributed by atoms with Crippen LogP contribution in [0.15, 0.2) is 24.3 Å². The van der Waals surface area contributed by atoms with Gasteiger partial charge in [0.05, 0.1) is 17.2 Å². The number of unbranched alkanes of at least 4 members (excludes halogenated alkanes) is 2. The Kier molecular flexibility index (Phi) is 6.57. The smallest absolute Gasteiger partial charge is 0.417 e. The molecule has 2 N–H and O–H groups in total. The predicted octanol–water partition coefficient (Wildman–Crippen LogP) is 2.97. The number of amides is 1. The molecular weight excluding hydrogens is 313 g/mol. The number of benzene rings is 1. The highest BCUT2D eigenvalue weighted by Gasteiger charge is 2.35. The third-order valence-corrected chi connectivity index (χ3v) is 3.11. The third-order valence-electron chi connectivity index (χ3n) is 3.11. The van der Waals surface area contributed by atoms with Crippen LogP contribution in [0.25, 0.3) is 0 Å². The standard InChI is InChI=1S/C15H15F3N2O3/c16-15(17,18)11-7-4-3-6-10(11)13(21)20-12(14(22)23)8-2-1-5-9-19/h3-4,6-7,12H,1-2,5,8H2,(H,20,21)(H,22,23)/t12-/m1/s1. The molecule has 1 aromatic rings. The zero-order valence-electron chi connectivity index (χ0n) is 12.1. The molecule has 5 nitrogen and oxygen atoms in total. The Morgan fingerprint density at radius 3 is 2.48 bits per heavy atom. The summed E-state index contributed by atoms with van der Waals surface area (Å²) in [6, 6.07) is 4.77. The van der Waals surface area contributed by atoms with Crippen molar-refractivity contribution in [2.24, 2.45) is 0 Å². The van der Waals surface area contributed by atoms with Crippen molar-refractivity contribution in [1.82, 2.24) is 5.32 Å². The molecule has 1 aromatic carbocycles. The van der Waals surface area contributed by atoms with Crippen molar-refractivity contribution < 1.29 is 27.9 Å². The molecule has 0 aliphatic rings. The lowest BCUT2D eigenvalue weighted by atomic mass is 10.0. The number of nitriles is 1. The van der Waals surface area contributed by atoms with E-state index in [1.54, 1.807) is 0 Å². The summed E-state index contributed by atoms with van der Waals surface area (Å²) in [6.07, 6.45) is -3.60. The zero-order chi connectivity index (χ0) is 17.5. The minimum absolute atomic E-state index is 0.0386. The average molecular weight is 328 g/mol. The molecule has 1 rings (SSSR count). The van der Waals surface area contributed by atoms with Crippen LogP contribution in [-0.2, 0) is 11.0 Å². The number of halogens is 3. The fourth-order valence-electron chi connectivity index (χ4n) is 1.97. The van der Waals surface area contributed by atoms with E-state index >= 15 is 0 Å². The molecule has 1 atom stereocenters. The van der Waals surface area contributed by atoms with Gasteiger partial charge in [-0.1, -0.05) is 12.1 Å². The summed E-state index contributed by atoms with van der Waals surface area (Å²) in [4.78, 5) is 23.1. The normalized spacial score (nSPS) is 12.3. The summed E-state index contributed by atoms with van der Waals surface area (Å²) < 4.78 is 38.6. The molecule has 0 bridgehead atoms. The van der Waals surface area contributed by atoms with Crippen LogP contribution in [0.5, 0.6) is 0 Å². The summed E-state index contributed by atoms with van der Waals surface area (Å²) in [5, 5.41) is 19.6. The highest BCUT2D eigenvalue weighted by atomic mass is 19.4. The second-order valence-corrected chi connectivity index (χ2v) is 4.81. The quantitative estimate of drug-likeness (QED) is 0.753. The van der Waals surface area contributed by atoms with Gasteiger partial charge in [-0.05, 0) is 31.4 Å². The van der Waals surface area contributed by atoms with Crippen LogP contribution in [0.2, 0.25) is 0 Å². The lowest BCUT2D eigenvalue weighted by molar-refractivity contribution is -0.139. The van der Waals surface area contributed by atoms with Gasteiger partial charge in [0.25, 0.3) is 5.91 Å². The molecule has 0 spiro atoms. The van der Waals surface area contributed by atoms with Crippen molar-refractivity contribution in [3.05, 3.63) is 35.4 Å². The highest BCUT2D eigenvalue weighted by molar-refractivity contribution is 5.98. The molecule has 0 heterocycles. The first-order valence-corrected chi connectivity index (χ1v) is 6.84. The lowest BCUT2D eigenvalue weighted by Crippen LogP contribution is -2.41. The van der Waals surface area contributed by atoms with Gasteiger partial charge in [-0.15, -0.1) is 0 Å². The minimum Gasteiger partial charge on any atom is -0.480 e. The maximum Gasteiger partial charge on any atom is 0.417 e. The van der Waals surface area contributed by atoms with Crippen LogP contribution in [0, 0.1) is 11.3 Å². The number of nitrogens with zero attached hydrogens (tertiary/aromatic N) is 1. The summed E-state index contributed by atoms with van der Waals surface area (Å²) in [6.45, 7) is 0. The molecular formula is C15H15F3N2O3. The van der Waals surface area contributed by atoms with Crippen molar-refractivity contribution in [2.45, 2.75) is 37.9 Å². The van der Waals surface area contributed by atoms with E-state index in [0.29, 0.717) is 12.8 Å². The molecule has 0 saturated heterocycles. The average Bonchev–Trinajstić information content (AvgIpc) is 2.49. The number of carbonyl (C=O) groups excluding carboxylic acids is 1. The minimum atomic E-state index is -4.71. The number of hydrogen-bond donors (Lipinski definition) is 2. The van der Waals surface area contributed by atoms with Gasteiger partial charge in [0.1, 0.15) is 6.04 Å². The van der Waals surface area contributed by atoms with Crippen LogP contribution in [0.3, 0.4) is 0 Å². The monoisotopic (exact) mass is 328 g/mol. The summed E-state index contributed by atoms with van der Waals surface area (Å²) in [5.74, 6) is -2.43. The Morgan fingerprint density at radius 1 is 1.26 bits per heavy atom. The van der Waals surface area contributed by atoms with Crippen molar-refractivity contribution in [1.29, 1.82) is 5.26 Å². The van der Waals surface area contributed by atoms with Crippen molar-refractivity contribution in [3.63, 3.8) is 0 Å². The maximum absolute atomic E-state index is 12.9. The summed E-state index contributed by atoms with van der Waals surface area (Å²) in [5.41, 5.74) is -1.74. The largest absolute Gasteiger partial charge is 0.480 e. The van der Waals surface area contributed by atoms with Gasteiger partial charge in [-0.3, -0.25) is 4.79 Å². The number of aliphatic carboxylic acids is 1. The van der Waals surface area contributed by atoms with Crippen LogP contribution >= 0.6 is 0 Å². The van der Waals surface area contributed by atoms with E-state index in [0.717, 1.165) is 18.2 Å². The number of rotatable bonds is 7. The van der Waals surface area contributed by atoms with E-state index < -0.39 is 35.2 Å². The van der Waals surface area contributed by atoms with E-state index in [1.165, 1.54) is 6.07 Å². The Labute approximate surface area is 130 Å². The first-order chi connectivity index (χ1) is 10.8. The summed E-state index contributed by atoms with van der Waals surface area (Å²) >= 11 is 0. The van der Waals surface area contributed by atoms with E-state index in [9.17, 15) is 22.8 Å². The molecule has 0 saturated carbocycles. The first-order valence-electron chi connectivity index (χ1n) is 6.84. The van der Waals surface area contributed by atoms with Crippen molar-refractivity contribution in [2.75, 3.05) is 0 Å². The van der Waals surface area contributed by atoms with Crippen LogP contribution in [-0.4, -0.2) is 23.0 Å². The van der Waals surface area contributed by atoms with E-state index in [2.05, 4.69) is 5.32 Å². The molecule has 8 heteroatoms. The topological polar surface area (TPSA) is 90.2 Å². The lowest BCUT2D eigenvalue weighted by Gasteiger charge is -2.17. The van der Waals surface area contributed by atoms with Gasteiger partial charge in [-0.25, -0.2) is 4.79 Å². The van der Waals surface area contributed by atoms with Crippen LogP contribution in [0.1, 0.15) is 41.6 Å². The first kappa shape index (κ1) is 18.5. The Morgan fingerprint density at radius 2 is 1.91 bits per heavy atom. The van der Waals surface area contributed by atoms with Gasteiger partial charge in [0.15, 0.2) is 0 Å². The molecule has 0 radical (unpaired) electrons. The van der Waals surface area contributed by atoms with Crippen molar-refractivity contribution >= 4 is 11.9 Å². The SMILES string of the molecule is N#CCCCC[C@@H](NC(=O)c1ccccc1C(F)(F)F)C(=O)O. The molecule has 23 heavy (non-hydrogen) atoms. The van der Waals surface area contributed by atoms with Crippen molar-refractivity contribution in [3.8, 4) is 6.07 Å². The molecule has 0 unspecified atom stereocenters.